The van der Waals surface area contributed by atoms with Crippen molar-refractivity contribution < 1.29 is 4.79 Å². The second kappa shape index (κ2) is 9.33. The highest BCUT2D eigenvalue weighted by atomic mass is 32.1. The molecule has 1 fully saturated rings. The highest BCUT2D eigenvalue weighted by Gasteiger charge is 2.48. The molecule has 4 rings (SSSR count). The summed E-state index contributed by atoms with van der Waals surface area (Å²) < 4.78 is 0. The lowest BCUT2D eigenvalue weighted by Gasteiger charge is -2.29. The molecule has 31 heavy (non-hydrogen) atoms. The first-order valence-corrected chi connectivity index (χ1v) is 11.9. The molecule has 5 heteroatoms. The molecule has 2 aromatic carbocycles. The van der Waals surface area contributed by atoms with Crippen LogP contribution < -0.4 is 10.6 Å². The number of aryl methyl sites for hydroxylation is 1. The van der Waals surface area contributed by atoms with E-state index < -0.39 is 0 Å². The molecule has 4 atom stereocenters. The van der Waals surface area contributed by atoms with E-state index in [-0.39, 0.29) is 23.8 Å². The van der Waals surface area contributed by atoms with Gasteiger partial charge in [-0.15, -0.1) is 11.3 Å². The van der Waals surface area contributed by atoms with Gasteiger partial charge in [0.1, 0.15) is 0 Å². The highest BCUT2D eigenvalue weighted by molar-refractivity contribution is 7.11. The standard InChI is InChI=1S/C26H31N3OS/c1-4-17(2)24(27)16-29(26(30)23-14-22(23)25-28-15-18(3)31-25)21-12-10-20(11-13-21)19-8-6-5-7-9-19/h5-13,15,17,22-24H,4,14,16,27H2,1-3H3/t17-,22+,23+,24+/m0/s1. The van der Waals surface area contributed by atoms with Crippen molar-refractivity contribution in [3.05, 3.63) is 70.7 Å². The summed E-state index contributed by atoms with van der Waals surface area (Å²) in [4.78, 5) is 21.2. The largest absolute Gasteiger partial charge is 0.326 e. The van der Waals surface area contributed by atoms with Crippen molar-refractivity contribution >= 4 is 22.9 Å². The van der Waals surface area contributed by atoms with E-state index in [1.807, 2.05) is 29.3 Å². The maximum atomic E-state index is 13.5. The van der Waals surface area contributed by atoms with Crippen LogP contribution in [0.15, 0.2) is 60.8 Å². The predicted molar refractivity (Wildman–Crippen MR) is 129 cm³/mol. The van der Waals surface area contributed by atoms with Crippen LogP contribution in [0.2, 0.25) is 0 Å². The minimum atomic E-state index is -0.0537. The van der Waals surface area contributed by atoms with Gasteiger partial charge >= 0.3 is 0 Å². The van der Waals surface area contributed by atoms with Crippen LogP contribution in [0.3, 0.4) is 0 Å². The Hall–Kier alpha value is -2.50. The number of thiazole rings is 1. The van der Waals surface area contributed by atoms with Crippen LogP contribution in [0.5, 0.6) is 0 Å². The number of nitrogens with two attached hydrogens (primary N) is 1. The average molecular weight is 434 g/mol. The molecule has 1 aliphatic carbocycles. The van der Waals surface area contributed by atoms with Crippen LogP contribution in [0.25, 0.3) is 11.1 Å². The summed E-state index contributed by atoms with van der Waals surface area (Å²) in [5.74, 6) is 0.778. The smallest absolute Gasteiger partial charge is 0.230 e. The van der Waals surface area contributed by atoms with E-state index >= 15 is 0 Å². The van der Waals surface area contributed by atoms with Crippen molar-refractivity contribution in [2.75, 3.05) is 11.4 Å². The fourth-order valence-electron chi connectivity index (χ4n) is 3.97. The van der Waals surface area contributed by atoms with Gasteiger partial charge in [0.2, 0.25) is 5.91 Å². The maximum Gasteiger partial charge on any atom is 0.230 e. The van der Waals surface area contributed by atoms with Gasteiger partial charge in [-0.3, -0.25) is 4.79 Å². The van der Waals surface area contributed by atoms with E-state index in [2.05, 4.69) is 62.2 Å². The van der Waals surface area contributed by atoms with Gasteiger partial charge in [0.15, 0.2) is 0 Å². The summed E-state index contributed by atoms with van der Waals surface area (Å²) in [6.45, 7) is 6.90. The molecule has 0 radical (unpaired) electrons. The number of rotatable bonds is 8. The molecule has 0 bridgehead atoms. The van der Waals surface area contributed by atoms with E-state index in [1.54, 1.807) is 11.3 Å². The van der Waals surface area contributed by atoms with Gasteiger partial charge in [-0.05, 0) is 42.5 Å². The van der Waals surface area contributed by atoms with Crippen LogP contribution >= 0.6 is 11.3 Å². The monoisotopic (exact) mass is 433 g/mol. The third-order valence-electron chi connectivity index (χ3n) is 6.38. The van der Waals surface area contributed by atoms with Crippen LogP contribution in [0, 0.1) is 18.8 Å². The zero-order valence-corrected chi connectivity index (χ0v) is 19.3. The Balaban J connectivity index is 1.56. The first-order valence-electron chi connectivity index (χ1n) is 11.1. The number of carbonyl (C=O) groups excluding carboxylic acids is 1. The molecule has 0 saturated heterocycles. The lowest BCUT2D eigenvalue weighted by Crippen LogP contribution is -2.45. The number of amides is 1. The van der Waals surface area contributed by atoms with E-state index in [0.717, 1.165) is 29.1 Å². The summed E-state index contributed by atoms with van der Waals surface area (Å²) in [6.07, 6.45) is 3.78. The minimum absolute atomic E-state index is 0.00322. The molecule has 2 N–H and O–H groups in total. The van der Waals surface area contributed by atoms with Gasteiger partial charge in [-0.1, -0.05) is 62.7 Å². The summed E-state index contributed by atoms with van der Waals surface area (Å²) in [5, 5.41) is 1.08. The maximum absolute atomic E-state index is 13.5. The molecule has 0 spiro atoms. The molecular formula is C26H31N3OS. The summed E-state index contributed by atoms with van der Waals surface area (Å²) in [5.41, 5.74) is 9.73. The molecule has 0 unspecified atom stereocenters. The number of hydrogen-bond donors (Lipinski definition) is 1. The summed E-state index contributed by atoms with van der Waals surface area (Å²) >= 11 is 1.70. The third-order valence-corrected chi connectivity index (χ3v) is 7.43. The highest BCUT2D eigenvalue weighted by Crippen LogP contribution is 2.50. The summed E-state index contributed by atoms with van der Waals surface area (Å²) in [7, 11) is 0. The van der Waals surface area contributed by atoms with E-state index in [9.17, 15) is 4.79 Å². The zero-order valence-electron chi connectivity index (χ0n) is 18.5. The number of carbonyl (C=O) groups is 1. The molecular weight excluding hydrogens is 402 g/mol. The Morgan fingerprint density at radius 1 is 1.16 bits per heavy atom. The van der Waals surface area contributed by atoms with Gasteiger partial charge in [0.05, 0.1) is 5.01 Å². The van der Waals surface area contributed by atoms with Gasteiger partial charge in [0, 0.05) is 41.2 Å². The lowest BCUT2D eigenvalue weighted by molar-refractivity contribution is -0.120. The fourth-order valence-corrected chi connectivity index (χ4v) is 4.92. The van der Waals surface area contributed by atoms with Crippen molar-refractivity contribution in [1.82, 2.24) is 4.98 Å². The van der Waals surface area contributed by atoms with Crippen molar-refractivity contribution in [3.8, 4) is 11.1 Å². The summed E-state index contributed by atoms with van der Waals surface area (Å²) in [6, 6.07) is 18.5. The Labute approximate surface area is 189 Å². The molecule has 162 valence electrons. The normalized spacial score (nSPS) is 19.6. The number of anilines is 1. The van der Waals surface area contributed by atoms with Crippen molar-refractivity contribution in [2.24, 2.45) is 17.6 Å². The van der Waals surface area contributed by atoms with Crippen molar-refractivity contribution in [1.29, 1.82) is 0 Å². The number of hydrogen-bond acceptors (Lipinski definition) is 4. The first kappa shape index (κ1) is 21.7. The van der Waals surface area contributed by atoms with Crippen LogP contribution in [-0.2, 0) is 4.79 Å². The Kier molecular flexibility index (Phi) is 6.54. The Bertz CT molecular complexity index is 1010. The number of benzene rings is 2. The predicted octanol–water partition coefficient (Wildman–Crippen LogP) is 5.63. The molecule has 4 nitrogen and oxygen atoms in total. The van der Waals surface area contributed by atoms with Gasteiger partial charge in [-0.25, -0.2) is 4.98 Å². The van der Waals surface area contributed by atoms with Crippen LogP contribution in [0.4, 0.5) is 5.69 Å². The Morgan fingerprint density at radius 3 is 2.45 bits per heavy atom. The molecule has 1 saturated carbocycles. The molecule has 1 heterocycles. The van der Waals surface area contributed by atoms with E-state index in [4.69, 9.17) is 5.73 Å². The first-order chi connectivity index (χ1) is 15.0. The van der Waals surface area contributed by atoms with E-state index in [1.165, 1.54) is 10.4 Å². The van der Waals surface area contributed by atoms with Crippen molar-refractivity contribution in [3.63, 3.8) is 0 Å². The minimum Gasteiger partial charge on any atom is -0.326 e. The molecule has 3 aromatic rings. The second-order valence-electron chi connectivity index (χ2n) is 8.67. The van der Waals surface area contributed by atoms with Gasteiger partial charge in [0.25, 0.3) is 0 Å². The molecule has 1 aromatic heterocycles. The zero-order chi connectivity index (χ0) is 22.0. The SMILES string of the molecule is CC[C@H](C)[C@H](N)CN(C(=O)[C@@H]1C[C@H]1c1ncc(C)s1)c1ccc(-c2ccccc2)cc1. The topological polar surface area (TPSA) is 59.2 Å². The van der Waals surface area contributed by atoms with E-state index in [0.29, 0.717) is 12.5 Å². The van der Waals surface area contributed by atoms with Crippen LogP contribution in [-0.4, -0.2) is 23.5 Å². The fraction of sp³-hybridized carbons (Fsp3) is 0.385. The third kappa shape index (κ3) is 4.89. The quantitative estimate of drug-likeness (QED) is 0.501. The second-order valence-corrected chi connectivity index (χ2v) is 9.94. The van der Waals surface area contributed by atoms with Gasteiger partial charge < -0.3 is 10.6 Å². The van der Waals surface area contributed by atoms with Crippen LogP contribution in [0.1, 0.15) is 42.5 Å². The van der Waals surface area contributed by atoms with Gasteiger partial charge in [-0.2, -0.15) is 0 Å². The Morgan fingerprint density at radius 2 is 1.84 bits per heavy atom. The molecule has 1 aliphatic rings. The molecule has 1 amide bonds. The molecule has 0 aliphatic heterocycles. The number of aromatic nitrogens is 1. The lowest BCUT2D eigenvalue weighted by atomic mass is 9.99. The van der Waals surface area contributed by atoms with Crippen molar-refractivity contribution in [2.45, 2.75) is 45.6 Å². The number of nitrogens with zero attached hydrogens (tertiary/aromatic N) is 2. The average Bonchev–Trinajstić information content (AvgIpc) is 3.50.